The number of rotatable bonds is 6. The van der Waals surface area contributed by atoms with E-state index in [0.717, 1.165) is 12.5 Å². The molecule has 0 heterocycles. The Labute approximate surface area is 113 Å². The molecule has 0 atom stereocenters. The van der Waals surface area contributed by atoms with Crippen LogP contribution < -0.4 is 0 Å². The van der Waals surface area contributed by atoms with E-state index in [0.29, 0.717) is 18.2 Å². The van der Waals surface area contributed by atoms with E-state index in [2.05, 4.69) is 18.7 Å². The summed E-state index contributed by atoms with van der Waals surface area (Å²) in [5, 5.41) is 9.16. The molecule has 0 unspecified atom stereocenters. The summed E-state index contributed by atoms with van der Waals surface area (Å²) in [7, 11) is 0. The molecule has 0 aromatic heterocycles. The lowest BCUT2D eigenvalue weighted by molar-refractivity contribution is 0.0693. The highest BCUT2D eigenvalue weighted by molar-refractivity contribution is 5.89. The largest absolute Gasteiger partial charge is 0.478 e. The molecule has 2 rings (SSSR count). The third-order valence-corrected chi connectivity index (χ3v) is 3.59. The molecule has 1 N–H and O–H groups in total. The highest BCUT2D eigenvalue weighted by Crippen LogP contribution is 2.31. The van der Waals surface area contributed by atoms with Gasteiger partial charge in [-0.2, -0.15) is 0 Å². The van der Waals surface area contributed by atoms with Gasteiger partial charge in [0.25, 0.3) is 0 Å². The first-order chi connectivity index (χ1) is 8.97. The van der Waals surface area contributed by atoms with Gasteiger partial charge in [0.1, 0.15) is 5.82 Å². The second-order valence-electron chi connectivity index (χ2n) is 5.57. The van der Waals surface area contributed by atoms with Crippen LogP contribution in [0.25, 0.3) is 0 Å². The van der Waals surface area contributed by atoms with E-state index in [1.165, 1.54) is 31.0 Å². The van der Waals surface area contributed by atoms with E-state index in [1.54, 1.807) is 0 Å². The van der Waals surface area contributed by atoms with E-state index >= 15 is 0 Å². The summed E-state index contributed by atoms with van der Waals surface area (Å²) >= 11 is 0. The Bertz CT molecular complexity index is 469. The molecule has 0 amide bonds. The minimum absolute atomic E-state index is 0.197. The van der Waals surface area contributed by atoms with Gasteiger partial charge in [-0.05, 0) is 56.4 Å². The van der Waals surface area contributed by atoms with Crippen LogP contribution in [0.1, 0.15) is 42.6 Å². The molecule has 1 aliphatic rings. The summed E-state index contributed by atoms with van der Waals surface area (Å²) in [4.78, 5) is 13.4. The molecule has 1 aromatic carbocycles. The zero-order valence-corrected chi connectivity index (χ0v) is 11.4. The fourth-order valence-corrected chi connectivity index (χ4v) is 2.21. The average molecular weight is 265 g/mol. The van der Waals surface area contributed by atoms with Crippen LogP contribution in [0.2, 0.25) is 0 Å². The number of nitrogens with zero attached hydrogens (tertiary/aromatic N) is 1. The third-order valence-electron chi connectivity index (χ3n) is 3.59. The first kappa shape index (κ1) is 14.0. The first-order valence-corrected chi connectivity index (χ1v) is 6.73. The number of carboxylic acid groups (broad SMARTS) is 1. The molecular formula is C15H20FNO2. The van der Waals surface area contributed by atoms with Gasteiger partial charge in [0.05, 0.1) is 5.56 Å². The monoisotopic (exact) mass is 265 g/mol. The maximum Gasteiger partial charge on any atom is 0.336 e. The minimum Gasteiger partial charge on any atom is -0.478 e. The van der Waals surface area contributed by atoms with Crippen LogP contribution in [0.4, 0.5) is 4.39 Å². The number of aromatic carboxylic acids is 1. The van der Waals surface area contributed by atoms with Crippen LogP contribution in [-0.2, 0) is 6.54 Å². The summed E-state index contributed by atoms with van der Waals surface area (Å²) in [6, 6.07) is 4.22. The zero-order valence-electron chi connectivity index (χ0n) is 11.4. The van der Waals surface area contributed by atoms with Crippen LogP contribution in [0.15, 0.2) is 18.2 Å². The quantitative estimate of drug-likeness (QED) is 0.859. The molecule has 0 bridgehead atoms. The Morgan fingerprint density at radius 3 is 2.68 bits per heavy atom. The number of carbonyl (C=O) groups is 1. The van der Waals surface area contributed by atoms with Gasteiger partial charge in [-0.1, -0.05) is 0 Å². The van der Waals surface area contributed by atoms with Crippen LogP contribution in [-0.4, -0.2) is 28.6 Å². The predicted molar refractivity (Wildman–Crippen MR) is 71.6 cm³/mol. The average Bonchev–Trinajstić information content (AvgIpc) is 3.11. The number of hydrogen-bond acceptors (Lipinski definition) is 2. The van der Waals surface area contributed by atoms with Crippen LogP contribution in [0.5, 0.6) is 0 Å². The molecule has 104 valence electrons. The standard InChI is InChI=1S/C15H20FNO2/c1-10(2)17(8-11-3-4-11)9-12-7-13(16)5-6-14(12)15(18)19/h5-7,10-11H,3-4,8-9H2,1-2H3,(H,18,19). The molecule has 0 saturated heterocycles. The van der Waals surface area contributed by atoms with Crippen molar-refractivity contribution in [1.29, 1.82) is 0 Å². The molecule has 1 saturated carbocycles. The lowest BCUT2D eigenvalue weighted by atomic mass is 10.1. The highest BCUT2D eigenvalue weighted by atomic mass is 19.1. The van der Waals surface area contributed by atoms with Crippen molar-refractivity contribution < 1.29 is 14.3 Å². The molecule has 1 aliphatic carbocycles. The SMILES string of the molecule is CC(C)N(Cc1cc(F)ccc1C(=O)O)CC1CC1. The lowest BCUT2D eigenvalue weighted by Gasteiger charge is -2.27. The van der Waals surface area contributed by atoms with Gasteiger partial charge < -0.3 is 5.11 Å². The predicted octanol–water partition coefficient (Wildman–Crippen LogP) is 3.14. The first-order valence-electron chi connectivity index (χ1n) is 6.73. The summed E-state index contributed by atoms with van der Waals surface area (Å²) in [5.74, 6) is -0.649. The zero-order chi connectivity index (χ0) is 14.0. The van der Waals surface area contributed by atoms with Crippen LogP contribution >= 0.6 is 0 Å². The normalized spacial score (nSPS) is 15.2. The molecule has 0 aliphatic heterocycles. The second kappa shape index (κ2) is 5.70. The molecule has 1 aromatic rings. The second-order valence-corrected chi connectivity index (χ2v) is 5.57. The molecule has 4 heteroatoms. The van der Waals surface area contributed by atoms with E-state index in [-0.39, 0.29) is 11.4 Å². The number of hydrogen-bond donors (Lipinski definition) is 1. The molecule has 1 fully saturated rings. The number of benzene rings is 1. The van der Waals surface area contributed by atoms with Gasteiger partial charge in [0.15, 0.2) is 0 Å². The topological polar surface area (TPSA) is 40.5 Å². The van der Waals surface area contributed by atoms with Crippen LogP contribution in [0, 0.1) is 11.7 Å². The van der Waals surface area contributed by atoms with Crippen molar-refractivity contribution in [1.82, 2.24) is 4.90 Å². The van der Waals surface area contributed by atoms with Gasteiger partial charge in [0.2, 0.25) is 0 Å². The van der Waals surface area contributed by atoms with Crippen molar-refractivity contribution in [2.24, 2.45) is 5.92 Å². The maximum atomic E-state index is 13.3. The van der Waals surface area contributed by atoms with Crippen molar-refractivity contribution in [3.8, 4) is 0 Å². The van der Waals surface area contributed by atoms with Crippen molar-refractivity contribution in [3.63, 3.8) is 0 Å². The van der Waals surface area contributed by atoms with E-state index in [4.69, 9.17) is 5.11 Å². The summed E-state index contributed by atoms with van der Waals surface area (Å²) < 4.78 is 13.3. The van der Waals surface area contributed by atoms with Gasteiger partial charge >= 0.3 is 5.97 Å². The fourth-order valence-electron chi connectivity index (χ4n) is 2.21. The van der Waals surface area contributed by atoms with Crippen LogP contribution in [0.3, 0.4) is 0 Å². The van der Waals surface area contributed by atoms with E-state index in [9.17, 15) is 9.18 Å². The number of carboxylic acids is 1. The maximum absolute atomic E-state index is 13.3. The fraction of sp³-hybridized carbons (Fsp3) is 0.533. The summed E-state index contributed by atoms with van der Waals surface area (Å²) in [6.07, 6.45) is 2.50. The van der Waals surface area contributed by atoms with E-state index in [1.807, 2.05) is 0 Å². The Kier molecular flexibility index (Phi) is 4.20. The highest BCUT2D eigenvalue weighted by Gasteiger charge is 2.26. The minimum atomic E-state index is -0.995. The van der Waals surface area contributed by atoms with Crippen molar-refractivity contribution in [3.05, 3.63) is 35.1 Å². The molecule has 19 heavy (non-hydrogen) atoms. The molecular weight excluding hydrogens is 245 g/mol. The Hall–Kier alpha value is -1.42. The molecule has 0 spiro atoms. The van der Waals surface area contributed by atoms with E-state index < -0.39 is 5.97 Å². The smallest absolute Gasteiger partial charge is 0.336 e. The van der Waals surface area contributed by atoms with Gasteiger partial charge in [-0.15, -0.1) is 0 Å². The van der Waals surface area contributed by atoms with Crippen molar-refractivity contribution in [2.75, 3.05) is 6.54 Å². The third kappa shape index (κ3) is 3.77. The van der Waals surface area contributed by atoms with Gasteiger partial charge in [-0.25, -0.2) is 9.18 Å². The van der Waals surface area contributed by atoms with Gasteiger partial charge in [-0.3, -0.25) is 4.90 Å². The molecule has 3 nitrogen and oxygen atoms in total. The number of halogens is 1. The van der Waals surface area contributed by atoms with Crippen molar-refractivity contribution >= 4 is 5.97 Å². The Balaban J connectivity index is 2.18. The van der Waals surface area contributed by atoms with Gasteiger partial charge in [0, 0.05) is 19.1 Å². The molecule has 0 radical (unpaired) electrons. The van der Waals surface area contributed by atoms with Crippen molar-refractivity contribution in [2.45, 2.75) is 39.3 Å². The summed E-state index contributed by atoms with van der Waals surface area (Å²) in [6.45, 7) is 5.63. The lowest BCUT2D eigenvalue weighted by Crippen LogP contribution is -2.32. The Morgan fingerprint density at radius 2 is 2.16 bits per heavy atom. The summed E-state index contributed by atoms with van der Waals surface area (Å²) in [5.41, 5.74) is 0.754. The Morgan fingerprint density at radius 1 is 1.47 bits per heavy atom.